The van der Waals surface area contributed by atoms with Gasteiger partial charge in [0.15, 0.2) is 28.8 Å². The summed E-state index contributed by atoms with van der Waals surface area (Å²) in [6.07, 6.45) is 0. The van der Waals surface area contributed by atoms with Crippen LogP contribution in [0.1, 0.15) is 26.3 Å². The second kappa shape index (κ2) is 4.50. The lowest BCUT2D eigenvalue weighted by molar-refractivity contribution is 0.479. The molecular weight excluding hydrogens is 343 g/mol. The van der Waals surface area contributed by atoms with Crippen LogP contribution in [0.4, 0.5) is 0 Å². The van der Waals surface area contributed by atoms with E-state index < -0.39 is 10.1 Å². The monoisotopic (exact) mass is 356 g/mol. The number of halogens is 1. The Kier molecular flexibility index (Phi) is 3.86. The van der Waals surface area contributed by atoms with Gasteiger partial charge in [0, 0.05) is 0 Å². The molecule has 16 heavy (non-hydrogen) atoms. The summed E-state index contributed by atoms with van der Waals surface area (Å²) in [5.74, 6) is 0.149. The second-order valence-electron chi connectivity index (χ2n) is 4.46. The molecule has 0 amide bonds. The van der Waals surface area contributed by atoms with Crippen molar-refractivity contribution in [2.45, 2.75) is 31.1 Å². The van der Waals surface area contributed by atoms with Crippen molar-refractivity contribution in [3.05, 3.63) is 23.8 Å². The Balaban J connectivity index is 3.40. The highest BCUT2D eigenvalue weighted by atomic mass is 127. The molecule has 0 aliphatic carbocycles. The molecule has 0 atom stereocenters. The van der Waals surface area contributed by atoms with E-state index in [4.69, 9.17) is 7.62 Å². The fraction of sp³-hybridized carbons (Fsp3) is 0.400. The van der Waals surface area contributed by atoms with Gasteiger partial charge in [-0.25, -0.2) is 0 Å². The first kappa shape index (κ1) is 13.7. The molecular formula is C10H13IO4S. The summed E-state index contributed by atoms with van der Waals surface area (Å²) in [4.78, 5) is -0.213. The van der Waals surface area contributed by atoms with E-state index in [1.54, 1.807) is 35.1 Å². The molecule has 6 heteroatoms. The smallest absolute Gasteiger partial charge is 0.298 e. The van der Waals surface area contributed by atoms with Crippen LogP contribution in [0, 0.1) is 0 Å². The summed E-state index contributed by atoms with van der Waals surface area (Å²) >= 11 is 1.59. The summed E-state index contributed by atoms with van der Waals surface area (Å²) in [6.45, 7) is 6.02. The molecule has 0 radical (unpaired) electrons. The molecule has 0 aliphatic rings. The Labute approximate surface area is 109 Å². The van der Waals surface area contributed by atoms with E-state index in [0.717, 1.165) is 5.56 Å². The third kappa shape index (κ3) is 3.08. The van der Waals surface area contributed by atoms with Crippen LogP contribution in [0.3, 0.4) is 0 Å². The molecule has 0 aliphatic heterocycles. The lowest BCUT2D eigenvalue weighted by Gasteiger charge is -2.20. The van der Waals surface area contributed by atoms with Crippen LogP contribution < -0.4 is 3.07 Å². The molecule has 0 saturated heterocycles. The summed E-state index contributed by atoms with van der Waals surface area (Å²) in [5, 5.41) is 0. The zero-order valence-electron chi connectivity index (χ0n) is 9.19. The molecule has 1 aromatic carbocycles. The van der Waals surface area contributed by atoms with Gasteiger partial charge in [0.05, 0.1) is 0 Å². The third-order valence-corrected chi connectivity index (χ3v) is 3.54. The van der Waals surface area contributed by atoms with Crippen LogP contribution >= 0.6 is 23.0 Å². The largest absolute Gasteiger partial charge is 0.426 e. The van der Waals surface area contributed by atoms with Crippen LogP contribution in [-0.4, -0.2) is 13.0 Å². The van der Waals surface area contributed by atoms with Gasteiger partial charge in [0.25, 0.3) is 10.1 Å². The van der Waals surface area contributed by atoms with Crippen LogP contribution in [-0.2, 0) is 15.5 Å². The van der Waals surface area contributed by atoms with Crippen molar-refractivity contribution in [1.82, 2.24) is 0 Å². The van der Waals surface area contributed by atoms with Crippen LogP contribution in [0.15, 0.2) is 23.1 Å². The van der Waals surface area contributed by atoms with Crippen molar-refractivity contribution in [3.8, 4) is 5.75 Å². The van der Waals surface area contributed by atoms with E-state index in [0.29, 0.717) is 0 Å². The normalized spacial score (nSPS) is 12.6. The zero-order valence-corrected chi connectivity index (χ0v) is 12.2. The van der Waals surface area contributed by atoms with Crippen LogP contribution in [0.2, 0.25) is 0 Å². The molecule has 1 aromatic rings. The van der Waals surface area contributed by atoms with Gasteiger partial charge >= 0.3 is 0 Å². The van der Waals surface area contributed by atoms with Gasteiger partial charge in [-0.1, -0.05) is 26.8 Å². The van der Waals surface area contributed by atoms with E-state index in [1.807, 2.05) is 20.8 Å². The van der Waals surface area contributed by atoms with E-state index in [9.17, 15) is 8.42 Å². The second-order valence-corrected chi connectivity index (χ2v) is 6.29. The molecule has 0 heterocycles. The first-order chi connectivity index (χ1) is 7.16. The first-order valence-corrected chi connectivity index (χ1v) is 6.89. The van der Waals surface area contributed by atoms with Gasteiger partial charge in [-0.05, 0) is 23.1 Å². The van der Waals surface area contributed by atoms with E-state index in [2.05, 4.69) is 0 Å². The van der Waals surface area contributed by atoms with Crippen molar-refractivity contribution >= 4 is 33.1 Å². The number of hydrogen-bond donors (Lipinski definition) is 1. The zero-order chi connectivity index (χ0) is 12.6. The van der Waals surface area contributed by atoms with Crippen LogP contribution in [0.25, 0.3) is 0 Å². The Hall–Kier alpha value is -0.340. The molecule has 90 valence electrons. The number of benzene rings is 1. The number of hydrogen-bond acceptors (Lipinski definition) is 3. The fourth-order valence-electron chi connectivity index (χ4n) is 1.25. The maximum absolute atomic E-state index is 11.0. The molecule has 1 rings (SSSR count). The molecule has 0 bridgehead atoms. The van der Waals surface area contributed by atoms with Gasteiger partial charge in [0.2, 0.25) is 0 Å². The SMILES string of the molecule is CC(C)(C)c1ccc(S(=O)(=O)O)c(OI)c1. The summed E-state index contributed by atoms with van der Waals surface area (Å²) in [5.41, 5.74) is 0.827. The molecule has 0 fully saturated rings. The Morgan fingerprint density at radius 1 is 1.31 bits per heavy atom. The lowest BCUT2D eigenvalue weighted by Crippen LogP contribution is -2.12. The lowest BCUT2D eigenvalue weighted by atomic mass is 9.87. The molecule has 4 nitrogen and oxygen atoms in total. The standard InChI is InChI=1S/C10H13IO4S/c1-10(2,3)7-4-5-9(16(12,13)14)8(6-7)15-11/h4-6H,1-3H3,(H,12,13,14). The molecule has 0 unspecified atom stereocenters. The maximum Gasteiger partial charge on any atom is 0.298 e. The molecule has 0 saturated carbocycles. The summed E-state index contributed by atoms with van der Waals surface area (Å²) < 4.78 is 36.0. The Bertz CT molecular complexity index is 488. The van der Waals surface area contributed by atoms with Gasteiger partial charge in [-0.15, -0.1) is 0 Å². The van der Waals surface area contributed by atoms with Gasteiger partial charge in [-0.3, -0.25) is 4.55 Å². The minimum atomic E-state index is -4.24. The Morgan fingerprint density at radius 3 is 2.25 bits per heavy atom. The minimum Gasteiger partial charge on any atom is -0.426 e. The van der Waals surface area contributed by atoms with E-state index in [1.165, 1.54) is 6.07 Å². The van der Waals surface area contributed by atoms with Crippen molar-refractivity contribution in [3.63, 3.8) is 0 Å². The van der Waals surface area contributed by atoms with E-state index >= 15 is 0 Å². The van der Waals surface area contributed by atoms with Gasteiger partial charge in [0.1, 0.15) is 4.90 Å². The molecule has 1 N–H and O–H groups in total. The topological polar surface area (TPSA) is 63.6 Å². The maximum atomic E-state index is 11.0. The average molecular weight is 356 g/mol. The average Bonchev–Trinajstić information content (AvgIpc) is 2.14. The minimum absolute atomic E-state index is 0.109. The van der Waals surface area contributed by atoms with Crippen molar-refractivity contribution < 1.29 is 16.0 Å². The highest BCUT2D eigenvalue weighted by molar-refractivity contribution is 14.1. The quantitative estimate of drug-likeness (QED) is 0.654. The van der Waals surface area contributed by atoms with Gasteiger partial charge < -0.3 is 3.07 Å². The highest BCUT2D eigenvalue weighted by Gasteiger charge is 2.21. The predicted molar refractivity (Wildman–Crippen MR) is 69.6 cm³/mol. The fourth-order valence-corrected chi connectivity index (χ4v) is 2.36. The van der Waals surface area contributed by atoms with Crippen molar-refractivity contribution in [2.75, 3.05) is 0 Å². The van der Waals surface area contributed by atoms with Crippen molar-refractivity contribution in [2.24, 2.45) is 0 Å². The summed E-state index contributed by atoms with van der Waals surface area (Å²) in [7, 11) is -4.24. The van der Waals surface area contributed by atoms with E-state index in [-0.39, 0.29) is 16.1 Å². The van der Waals surface area contributed by atoms with Crippen LogP contribution in [0.5, 0.6) is 5.75 Å². The molecule has 0 spiro atoms. The summed E-state index contributed by atoms with van der Waals surface area (Å²) in [6, 6.07) is 4.64. The third-order valence-electron chi connectivity index (χ3n) is 2.17. The first-order valence-electron chi connectivity index (χ1n) is 4.57. The van der Waals surface area contributed by atoms with Crippen molar-refractivity contribution in [1.29, 1.82) is 0 Å². The number of rotatable bonds is 2. The van der Waals surface area contributed by atoms with Gasteiger partial charge in [-0.2, -0.15) is 8.42 Å². The highest BCUT2D eigenvalue weighted by Crippen LogP contribution is 2.31. The Morgan fingerprint density at radius 2 is 1.88 bits per heavy atom. The molecule has 0 aromatic heterocycles. The predicted octanol–water partition coefficient (Wildman–Crippen LogP) is 2.96.